The average Bonchev–Trinajstić information content (AvgIpc) is 2.28. The largest absolute Gasteiger partial charge is 0.489 e. The molecule has 0 fully saturated rings. The fourth-order valence-corrected chi connectivity index (χ4v) is 2.37. The molecule has 0 amide bonds. The van der Waals surface area contributed by atoms with Crippen LogP contribution in [0.2, 0.25) is 5.15 Å². The number of nitrogens with zero attached hydrogens (tertiary/aromatic N) is 2. The van der Waals surface area contributed by atoms with E-state index in [1.807, 2.05) is 0 Å². The quantitative estimate of drug-likeness (QED) is 0.748. The van der Waals surface area contributed by atoms with Gasteiger partial charge in [0, 0.05) is 6.54 Å². The third-order valence-corrected chi connectivity index (χ3v) is 4.95. The SMILES string of the molecule is COc1c(Cl)ncn(CCS(=O)(=O)C(C)C)c1=O. The predicted octanol–water partition coefficient (Wildman–Crippen LogP) is 0.728. The first kappa shape index (κ1) is 15.0. The van der Waals surface area contributed by atoms with Gasteiger partial charge in [-0.2, -0.15) is 0 Å². The van der Waals surface area contributed by atoms with Crippen molar-refractivity contribution in [3.8, 4) is 5.75 Å². The van der Waals surface area contributed by atoms with Crippen LogP contribution in [0, 0.1) is 0 Å². The Morgan fingerprint density at radius 2 is 2.11 bits per heavy atom. The molecule has 0 unspecified atom stereocenters. The van der Waals surface area contributed by atoms with Crippen molar-refractivity contribution in [1.29, 1.82) is 0 Å². The fourth-order valence-electron chi connectivity index (χ4n) is 1.24. The second-order valence-corrected chi connectivity index (χ2v) is 7.02. The minimum atomic E-state index is -3.20. The van der Waals surface area contributed by atoms with Gasteiger partial charge in [0.05, 0.1) is 24.4 Å². The van der Waals surface area contributed by atoms with Crippen molar-refractivity contribution in [2.45, 2.75) is 25.6 Å². The Bertz CT molecular complexity index is 580. The van der Waals surface area contributed by atoms with E-state index in [-0.39, 0.29) is 23.2 Å². The van der Waals surface area contributed by atoms with E-state index in [9.17, 15) is 13.2 Å². The van der Waals surface area contributed by atoms with E-state index in [0.717, 1.165) is 0 Å². The molecular formula is C10H15ClN2O4S. The number of rotatable bonds is 5. The van der Waals surface area contributed by atoms with Gasteiger partial charge in [0.15, 0.2) is 15.0 Å². The lowest BCUT2D eigenvalue weighted by molar-refractivity contribution is 0.400. The summed E-state index contributed by atoms with van der Waals surface area (Å²) in [5.41, 5.74) is -0.489. The van der Waals surface area contributed by atoms with E-state index in [2.05, 4.69) is 4.98 Å². The maximum Gasteiger partial charge on any atom is 0.297 e. The molecule has 0 atom stereocenters. The number of aromatic nitrogens is 2. The van der Waals surface area contributed by atoms with Gasteiger partial charge in [0.1, 0.15) is 0 Å². The Kier molecular flexibility index (Phi) is 4.75. The zero-order valence-electron chi connectivity index (χ0n) is 10.4. The molecule has 0 saturated carbocycles. The molecule has 1 heterocycles. The van der Waals surface area contributed by atoms with E-state index in [1.165, 1.54) is 18.0 Å². The van der Waals surface area contributed by atoms with E-state index < -0.39 is 20.6 Å². The zero-order chi connectivity index (χ0) is 13.9. The molecule has 0 bridgehead atoms. The van der Waals surface area contributed by atoms with E-state index in [1.54, 1.807) is 13.8 Å². The van der Waals surface area contributed by atoms with E-state index >= 15 is 0 Å². The first-order valence-electron chi connectivity index (χ1n) is 5.30. The van der Waals surface area contributed by atoms with Crippen LogP contribution in [0.1, 0.15) is 13.8 Å². The van der Waals surface area contributed by atoms with E-state index in [4.69, 9.17) is 16.3 Å². The van der Waals surface area contributed by atoms with Gasteiger partial charge in [-0.25, -0.2) is 13.4 Å². The number of hydrogen-bond donors (Lipinski definition) is 0. The highest BCUT2D eigenvalue weighted by Gasteiger charge is 2.17. The van der Waals surface area contributed by atoms with Crippen LogP contribution in [0.3, 0.4) is 0 Å². The van der Waals surface area contributed by atoms with Crippen molar-refractivity contribution in [3.63, 3.8) is 0 Å². The highest BCUT2D eigenvalue weighted by molar-refractivity contribution is 7.91. The van der Waals surface area contributed by atoms with E-state index in [0.29, 0.717) is 0 Å². The Labute approximate surface area is 110 Å². The summed E-state index contributed by atoms with van der Waals surface area (Å²) in [6, 6.07) is 0. The Hall–Kier alpha value is -1.08. The molecule has 1 aromatic rings. The van der Waals surface area contributed by atoms with Gasteiger partial charge >= 0.3 is 0 Å². The molecule has 0 aromatic carbocycles. The summed E-state index contributed by atoms with van der Waals surface area (Å²) < 4.78 is 29.3. The minimum Gasteiger partial charge on any atom is -0.489 e. The second kappa shape index (κ2) is 5.71. The maximum absolute atomic E-state index is 11.8. The van der Waals surface area contributed by atoms with Gasteiger partial charge in [0.25, 0.3) is 5.56 Å². The first-order chi connectivity index (χ1) is 8.29. The van der Waals surface area contributed by atoms with Crippen molar-refractivity contribution in [2.24, 2.45) is 0 Å². The van der Waals surface area contributed by atoms with Crippen LogP contribution in [0.4, 0.5) is 0 Å². The number of halogens is 1. The van der Waals surface area contributed by atoms with Crippen molar-refractivity contribution < 1.29 is 13.2 Å². The Morgan fingerprint density at radius 3 is 2.61 bits per heavy atom. The number of sulfone groups is 1. The smallest absolute Gasteiger partial charge is 0.297 e. The van der Waals surface area contributed by atoms with Crippen molar-refractivity contribution in [2.75, 3.05) is 12.9 Å². The summed E-state index contributed by atoms with van der Waals surface area (Å²) >= 11 is 5.67. The van der Waals surface area contributed by atoms with Crippen LogP contribution >= 0.6 is 11.6 Å². The summed E-state index contributed by atoms with van der Waals surface area (Å²) in [6.07, 6.45) is 1.21. The highest BCUT2D eigenvalue weighted by atomic mass is 35.5. The third kappa shape index (κ3) is 3.23. The molecule has 0 aliphatic carbocycles. The van der Waals surface area contributed by atoms with Gasteiger partial charge in [0.2, 0.25) is 5.75 Å². The van der Waals surface area contributed by atoms with Crippen LogP contribution in [-0.2, 0) is 16.4 Å². The number of hydrogen-bond acceptors (Lipinski definition) is 5. The molecule has 1 aromatic heterocycles. The minimum absolute atomic E-state index is 0.0277. The van der Waals surface area contributed by atoms with Gasteiger partial charge in [-0.05, 0) is 13.8 Å². The summed E-state index contributed by atoms with van der Waals surface area (Å²) in [5.74, 6) is -0.210. The highest BCUT2D eigenvalue weighted by Crippen LogP contribution is 2.14. The topological polar surface area (TPSA) is 78.3 Å². The molecule has 6 nitrogen and oxygen atoms in total. The summed E-state index contributed by atoms with van der Waals surface area (Å²) in [4.78, 5) is 15.6. The zero-order valence-corrected chi connectivity index (χ0v) is 12.0. The summed E-state index contributed by atoms with van der Waals surface area (Å²) in [5, 5.41) is -0.513. The second-order valence-electron chi connectivity index (χ2n) is 3.98. The van der Waals surface area contributed by atoms with Crippen LogP contribution in [0.5, 0.6) is 5.75 Å². The van der Waals surface area contributed by atoms with Crippen LogP contribution in [0.25, 0.3) is 0 Å². The molecule has 0 aliphatic heterocycles. The molecule has 0 spiro atoms. The molecule has 0 radical (unpaired) electrons. The lowest BCUT2D eigenvalue weighted by atomic mass is 10.5. The molecule has 1 rings (SSSR count). The third-order valence-electron chi connectivity index (χ3n) is 2.49. The normalized spacial score (nSPS) is 11.8. The van der Waals surface area contributed by atoms with Gasteiger partial charge in [-0.15, -0.1) is 0 Å². The van der Waals surface area contributed by atoms with Crippen molar-refractivity contribution >= 4 is 21.4 Å². The van der Waals surface area contributed by atoms with Gasteiger partial charge in [-0.3, -0.25) is 9.36 Å². The van der Waals surface area contributed by atoms with Crippen molar-refractivity contribution in [3.05, 3.63) is 21.8 Å². The molecule has 8 heteroatoms. The predicted molar refractivity (Wildman–Crippen MR) is 69.0 cm³/mol. The average molecular weight is 295 g/mol. The molecule has 0 aliphatic rings. The Balaban J connectivity index is 2.98. The van der Waals surface area contributed by atoms with Crippen LogP contribution in [0.15, 0.2) is 11.1 Å². The van der Waals surface area contributed by atoms with Crippen LogP contribution in [-0.4, -0.2) is 36.1 Å². The lowest BCUT2D eigenvalue weighted by Crippen LogP contribution is -2.28. The molecule has 0 N–H and O–H groups in total. The van der Waals surface area contributed by atoms with Crippen molar-refractivity contribution in [1.82, 2.24) is 9.55 Å². The number of ether oxygens (including phenoxy) is 1. The standard InChI is InChI=1S/C10H15ClN2O4S/c1-7(2)18(15,16)5-4-13-6-12-9(11)8(17-3)10(13)14/h6-7H,4-5H2,1-3H3. The lowest BCUT2D eigenvalue weighted by Gasteiger charge is -2.10. The number of aryl methyl sites for hydroxylation is 1. The monoisotopic (exact) mass is 294 g/mol. The van der Waals surface area contributed by atoms with Gasteiger partial charge < -0.3 is 4.74 Å². The Morgan fingerprint density at radius 1 is 1.50 bits per heavy atom. The maximum atomic E-state index is 11.8. The summed E-state index contributed by atoms with van der Waals surface area (Å²) in [7, 11) is -1.90. The molecule has 0 saturated heterocycles. The molecule has 18 heavy (non-hydrogen) atoms. The summed E-state index contributed by atoms with van der Waals surface area (Å²) in [6.45, 7) is 3.22. The van der Waals surface area contributed by atoms with Crippen LogP contribution < -0.4 is 10.3 Å². The molecular weight excluding hydrogens is 280 g/mol. The fraction of sp³-hybridized carbons (Fsp3) is 0.600. The first-order valence-corrected chi connectivity index (χ1v) is 7.39. The number of methoxy groups -OCH3 is 1. The van der Waals surface area contributed by atoms with Gasteiger partial charge in [-0.1, -0.05) is 11.6 Å². The molecule has 102 valence electrons.